The maximum atomic E-state index is 2.39. The molecule has 1 unspecified atom stereocenters. The minimum absolute atomic E-state index is 0.390. The highest BCUT2D eigenvalue weighted by atomic mass is 32.2. The largest absolute Gasteiger partial charge is 0.0920 e. The van der Waals surface area contributed by atoms with Gasteiger partial charge in [0.15, 0.2) is 0 Å². The molecule has 0 saturated carbocycles. The standard InChI is InChI=1S/C5H7PS/c1-6-3-2-4-5(6)7-4/h2-3H2,1H3. The van der Waals surface area contributed by atoms with Crippen molar-refractivity contribution >= 4 is 19.7 Å². The first-order valence-electron chi connectivity index (χ1n) is 2.50. The van der Waals surface area contributed by atoms with Gasteiger partial charge in [-0.3, -0.25) is 0 Å². The maximum absolute atomic E-state index is 2.39. The van der Waals surface area contributed by atoms with Gasteiger partial charge in [0.1, 0.15) is 0 Å². The molecule has 0 bridgehead atoms. The summed E-state index contributed by atoms with van der Waals surface area (Å²) in [7, 11) is 0.390. The normalized spacial score (nSPS) is 36.4. The summed E-state index contributed by atoms with van der Waals surface area (Å²) in [5.74, 6) is 0. The van der Waals surface area contributed by atoms with E-state index < -0.39 is 0 Å². The van der Waals surface area contributed by atoms with E-state index in [1.165, 1.54) is 12.6 Å². The van der Waals surface area contributed by atoms with Crippen LogP contribution in [-0.2, 0) is 0 Å². The smallest absolute Gasteiger partial charge is 0.0225 e. The van der Waals surface area contributed by atoms with E-state index in [0.29, 0.717) is 7.92 Å². The first kappa shape index (κ1) is 4.40. The van der Waals surface area contributed by atoms with Crippen LogP contribution in [-0.4, -0.2) is 12.8 Å². The van der Waals surface area contributed by atoms with Crippen LogP contribution in [0, 0.1) is 0 Å². The van der Waals surface area contributed by atoms with Crippen LogP contribution in [0.4, 0.5) is 0 Å². The topological polar surface area (TPSA) is 0 Å². The molecule has 0 radical (unpaired) electrons. The summed E-state index contributed by atoms with van der Waals surface area (Å²) < 4.78 is 1.77. The molecule has 2 aliphatic heterocycles. The molecule has 2 heterocycles. The van der Waals surface area contributed by atoms with Crippen molar-refractivity contribution in [2.45, 2.75) is 6.42 Å². The fraction of sp³-hybridized carbons (Fsp3) is 0.600. The van der Waals surface area contributed by atoms with Crippen molar-refractivity contribution in [3.63, 3.8) is 0 Å². The van der Waals surface area contributed by atoms with E-state index in [1.54, 1.807) is 9.55 Å². The lowest BCUT2D eigenvalue weighted by Crippen LogP contribution is -1.72. The third kappa shape index (κ3) is 0.553. The summed E-state index contributed by atoms with van der Waals surface area (Å²) in [4.78, 5) is 1.73. The average Bonchev–Trinajstić information content (AvgIpc) is 2.33. The molecule has 0 N–H and O–H groups in total. The fourth-order valence-corrected chi connectivity index (χ4v) is 4.55. The monoisotopic (exact) mass is 130 g/mol. The highest BCUT2D eigenvalue weighted by molar-refractivity contribution is 8.21. The number of allylic oxidation sites excluding steroid dienone is 1. The second-order valence-corrected chi connectivity index (χ2v) is 5.70. The Balaban J connectivity index is 2.24. The van der Waals surface area contributed by atoms with Crippen molar-refractivity contribution in [2.24, 2.45) is 0 Å². The lowest BCUT2D eigenvalue weighted by atomic mass is 10.5. The summed E-state index contributed by atoms with van der Waals surface area (Å²) in [5.41, 5.74) is 0. The van der Waals surface area contributed by atoms with Gasteiger partial charge in [0.2, 0.25) is 0 Å². The van der Waals surface area contributed by atoms with Gasteiger partial charge in [0.25, 0.3) is 0 Å². The van der Waals surface area contributed by atoms with Crippen LogP contribution in [0.2, 0.25) is 0 Å². The van der Waals surface area contributed by atoms with Crippen molar-refractivity contribution in [3.05, 3.63) is 9.55 Å². The van der Waals surface area contributed by atoms with Crippen molar-refractivity contribution in [1.29, 1.82) is 0 Å². The predicted octanol–water partition coefficient (Wildman–Crippen LogP) is 2.42. The zero-order chi connectivity index (χ0) is 4.85. The molecule has 0 aromatic rings. The molecule has 38 valence electrons. The van der Waals surface area contributed by atoms with Gasteiger partial charge in [-0.05, 0) is 19.2 Å². The van der Waals surface area contributed by atoms with Crippen LogP contribution in [0.5, 0.6) is 0 Å². The van der Waals surface area contributed by atoms with Crippen LogP contribution < -0.4 is 0 Å². The van der Waals surface area contributed by atoms with E-state index in [-0.39, 0.29) is 0 Å². The van der Waals surface area contributed by atoms with Crippen LogP contribution in [0.15, 0.2) is 9.55 Å². The molecular formula is C5H7PS. The molecule has 2 aliphatic rings. The highest BCUT2D eigenvalue weighted by Gasteiger charge is 2.33. The molecule has 0 aromatic heterocycles. The van der Waals surface area contributed by atoms with E-state index >= 15 is 0 Å². The summed E-state index contributed by atoms with van der Waals surface area (Å²) >= 11 is 2.05. The third-order valence-corrected chi connectivity index (χ3v) is 5.55. The van der Waals surface area contributed by atoms with Crippen LogP contribution >= 0.6 is 19.7 Å². The number of hydrogen-bond acceptors (Lipinski definition) is 1. The molecule has 0 amide bonds. The number of rotatable bonds is 0. The van der Waals surface area contributed by atoms with Gasteiger partial charge < -0.3 is 0 Å². The summed E-state index contributed by atoms with van der Waals surface area (Å²) in [6.45, 7) is 2.39. The van der Waals surface area contributed by atoms with Crippen LogP contribution in [0.25, 0.3) is 0 Å². The van der Waals surface area contributed by atoms with E-state index in [2.05, 4.69) is 6.66 Å². The molecule has 7 heavy (non-hydrogen) atoms. The zero-order valence-electron chi connectivity index (χ0n) is 4.27. The lowest BCUT2D eigenvalue weighted by molar-refractivity contribution is 1.25. The number of thioether (sulfide) groups is 1. The number of hydrogen-bond donors (Lipinski definition) is 0. The maximum Gasteiger partial charge on any atom is 0.0225 e. The average molecular weight is 130 g/mol. The molecule has 0 spiro atoms. The molecule has 0 saturated heterocycles. The van der Waals surface area contributed by atoms with Crippen molar-refractivity contribution in [3.8, 4) is 0 Å². The summed E-state index contributed by atoms with van der Waals surface area (Å²) in [5, 5.41) is 0. The molecule has 0 fully saturated rings. The molecule has 0 aliphatic carbocycles. The molecule has 2 heteroatoms. The van der Waals surface area contributed by atoms with E-state index in [9.17, 15) is 0 Å². The minimum Gasteiger partial charge on any atom is -0.0920 e. The van der Waals surface area contributed by atoms with Crippen molar-refractivity contribution in [1.82, 2.24) is 0 Å². The first-order chi connectivity index (χ1) is 3.38. The van der Waals surface area contributed by atoms with Gasteiger partial charge in [-0.25, -0.2) is 0 Å². The Kier molecular flexibility index (Phi) is 0.797. The van der Waals surface area contributed by atoms with Crippen molar-refractivity contribution < 1.29 is 0 Å². The lowest BCUT2D eigenvalue weighted by Gasteiger charge is -2.00. The van der Waals surface area contributed by atoms with Gasteiger partial charge in [-0.1, -0.05) is 19.7 Å². The SMILES string of the molecule is CP1CCC2=C1S2. The molecular weight excluding hydrogens is 123 g/mol. The van der Waals surface area contributed by atoms with Crippen molar-refractivity contribution in [2.75, 3.05) is 12.8 Å². The highest BCUT2D eigenvalue weighted by Crippen LogP contribution is 2.70. The van der Waals surface area contributed by atoms with E-state index in [1.807, 2.05) is 11.8 Å². The Labute approximate surface area is 49.1 Å². The van der Waals surface area contributed by atoms with Gasteiger partial charge in [0, 0.05) is 9.55 Å². The summed E-state index contributed by atoms with van der Waals surface area (Å²) in [6, 6.07) is 0. The van der Waals surface area contributed by atoms with Gasteiger partial charge in [0.05, 0.1) is 0 Å². The second kappa shape index (κ2) is 1.27. The zero-order valence-corrected chi connectivity index (χ0v) is 5.98. The van der Waals surface area contributed by atoms with Crippen LogP contribution in [0.3, 0.4) is 0 Å². The summed E-state index contributed by atoms with van der Waals surface area (Å²) in [6.07, 6.45) is 2.91. The Hall–Kier alpha value is 0.520. The second-order valence-electron chi connectivity index (χ2n) is 2.00. The third-order valence-electron chi connectivity index (χ3n) is 1.44. The first-order valence-corrected chi connectivity index (χ1v) is 5.29. The Morgan fingerprint density at radius 2 is 2.57 bits per heavy atom. The predicted molar refractivity (Wildman–Crippen MR) is 36.9 cm³/mol. The van der Waals surface area contributed by atoms with Gasteiger partial charge in [-0.2, -0.15) is 0 Å². The molecule has 2 rings (SSSR count). The Bertz CT molecular complexity index is 139. The molecule has 0 aromatic carbocycles. The van der Waals surface area contributed by atoms with Gasteiger partial charge >= 0.3 is 0 Å². The molecule has 0 nitrogen and oxygen atoms in total. The van der Waals surface area contributed by atoms with Crippen LogP contribution in [0.1, 0.15) is 6.42 Å². The van der Waals surface area contributed by atoms with E-state index in [0.717, 1.165) is 0 Å². The van der Waals surface area contributed by atoms with Gasteiger partial charge in [-0.15, -0.1) is 0 Å². The quantitative estimate of drug-likeness (QED) is 0.454. The fourth-order valence-electron chi connectivity index (χ4n) is 0.911. The van der Waals surface area contributed by atoms with E-state index in [4.69, 9.17) is 0 Å². The molecule has 1 atom stereocenters. The minimum atomic E-state index is 0.390. The Morgan fingerprint density at radius 1 is 1.71 bits per heavy atom. The Morgan fingerprint density at radius 3 is 2.71 bits per heavy atom.